The van der Waals surface area contributed by atoms with Crippen molar-refractivity contribution in [3.8, 4) is 5.75 Å². The first-order valence-electron chi connectivity index (χ1n) is 6.24. The van der Waals surface area contributed by atoms with Crippen LogP contribution in [0.15, 0.2) is 28.8 Å². The van der Waals surface area contributed by atoms with Gasteiger partial charge in [0.25, 0.3) is 5.95 Å². The molecule has 0 aliphatic carbocycles. The van der Waals surface area contributed by atoms with E-state index in [0.717, 1.165) is 18.7 Å². The fourth-order valence-corrected chi connectivity index (χ4v) is 2.05. The smallest absolute Gasteiger partial charge is 0.266 e. The fourth-order valence-electron chi connectivity index (χ4n) is 2.05. The van der Waals surface area contributed by atoms with E-state index in [0.29, 0.717) is 31.5 Å². The van der Waals surface area contributed by atoms with E-state index in [4.69, 9.17) is 9.26 Å². The number of hydrogen-bond donors (Lipinski definition) is 1. The molecule has 3 rings (SSSR count). The Morgan fingerprint density at radius 2 is 2.11 bits per heavy atom. The molecule has 1 aliphatic heterocycles. The van der Waals surface area contributed by atoms with Gasteiger partial charge in [0.2, 0.25) is 5.89 Å². The predicted molar refractivity (Wildman–Crippen MR) is 68.2 cm³/mol. The minimum atomic E-state index is 0.241. The van der Waals surface area contributed by atoms with Crippen molar-refractivity contribution in [1.82, 2.24) is 10.1 Å². The fraction of sp³-hybridized carbons (Fsp3) is 0.385. The molecule has 2 aromatic rings. The minimum absolute atomic E-state index is 0.241. The molecule has 1 N–H and O–H groups in total. The molecule has 1 aliphatic rings. The van der Waals surface area contributed by atoms with Crippen LogP contribution in [0.3, 0.4) is 0 Å². The third-order valence-electron chi connectivity index (χ3n) is 3.02. The molecule has 0 amide bonds. The zero-order chi connectivity index (χ0) is 13.1. The SMILES string of the molecule is Oc1cccc(Cc2nc(N3CCOCC3)no2)c1. The quantitative estimate of drug-likeness (QED) is 0.895. The summed E-state index contributed by atoms with van der Waals surface area (Å²) >= 11 is 0. The first-order chi connectivity index (χ1) is 9.31. The van der Waals surface area contributed by atoms with Gasteiger partial charge in [-0.25, -0.2) is 0 Å². The van der Waals surface area contributed by atoms with Crippen LogP contribution in [0.2, 0.25) is 0 Å². The number of morpholine rings is 1. The van der Waals surface area contributed by atoms with Gasteiger partial charge in [0.05, 0.1) is 19.6 Å². The maximum Gasteiger partial charge on any atom is 0.266 e. The number of ether oxygens (including phenoxy) is 1. The highest BCUT2D eigenvalue weighted by Gasteiger charge is 2.17. The van der Waals surface area contributed by atoms with Crippen molar-refractivity contribution in [1.29, 1.82) is 0 Å². The number of benzene rings is 1. The monoisotopic (exact) mass is 261 g/mol. The Hall–Kier alpha value is -2.08. The van der Waals surface area contributed by atoms with E-state index in [9.17, 15) is 5.11 Å². The molecule has 0 saturated carbocycles. The standard InChI is InChI=1S/C13H15N3O3/c17-11-3-1-2-10(8-11)9-12-14-13(15-19-12)16-4-6-18-7-5-16/h1-3,8,17H,4-7,9H2. The lowest BCUT2D eigenvalue weighted by molar-refractivity contribution is 0.121. The molecule has 1 aromatic carbocycles. The van der Waals surface area contributed by atoms with Crippen molar-refractivity contribution in [2.24, 2.45) is 0 Å². The molecule has 0 unspecified atom stereocenters. The summed E-state index contributed by atoms with van der Waals surface area (Å²) in [6.45, 7) is 2.95. The average molecular weight is 261 g/mol. The van der Waals surface area contributed by atoms with Gasteiger partial charge in [0.15, 0.2) is 0 Å². The highest BCUT2D eigenvalue weighted by molar-refractivity contribution is 5.31. The first kappa shape index (κ1) is 12.0. The third kappa shape index (κ3) is 2.85. The van der Waals surface area contributed by atoms with Crippen LogP contribution in [-0.2, 0) is 11.2 Å². The molecular weight excluding hydrogens is 246 g/mol. The lowest BCUT2D eigenvalue weighted by atomic mass is 10.1. The average Bonchev–Trinajstić information content (AvgIpc) is 2.88. The van der Waals surface area contributed by atoms with Gasteiger partial charge in [-0.3, -0.25) is 0 Å². The Bertz CT molecular complexity index is 550. The summed E-state index contributed by atoms with van der Waals surface area (Å²) in [6.07, 6.45) is 0.520. The molecule has 0 atom stereocenters. The number of nitrogens with zero attached hydrogens (tertiary/aromatic N) is 3. The maximum atomic E-state index is 9.41. The van der Waals surface area contributed by atoms with Crippen LogP contribution >= 0.6 is 0 Å². The Morgan fingerprint density at radius 1 is 1.26 bits per heavy atom. The van der Waals surface area contributed by atoms with E-state index < -0.39 is 0 Å². The Morgan fingerprint density at radius 3 is 2.89 bits per heavy atom. The Kier molecular flexibility index (Phi) is 3.33. The van der Waals surface area contributed by atoms with Crippen molar-refractivity contribution in [2.75, 3.05) is 31.2 Å². The van der Waals surface area contributed by atoms with Crippen LogP contribution in [0.25, 0.3) is 0 Å². The summed E-state index contributed by atoms with van der Waals surface area (Å²) in [5.41, 5.74) is 0.942. The molecule has 6 heteroatoms. The van der Waals surface area contributed by atoms with E-state index >= 15 is 0 Å². The van der Waals surface area contributed by atoms with Crippen LogP contribution in [-0.4, -0.2) is 41.6 Å². The number of rotatable bonds is 3. The van der Waals surface area contributed by atoms with Gasteiger partial charge in [0, 0.05) is 13.1 Å². The van der Waals surface area contributed by atoms with Gasteiger partial charge in [-0.1, -0.05) is 12.1 Å². The zero-order valence-corrected chi connectivity index (χ0v) is 10.5. The van der Waals surface area contributed by atoms with Gasteiger partial charge in [-0.15, -0.1) is 0 Å². The van der Waals surface area contributed by atoms with E-state index in [1.165, 1.54) is 0 Å². The molecule has 19 heavy (non-hydrogen) atoms. The van der Waals surface area contributed by atoms with Gasteiger partial charge in [-0.05, 0) is 22.9 Å². The Labute approximate surface area is 110 Å². The molecule has 1 aromatic heterocycles. The van der Waals surface area contributed by atoms with Crippen molar-refractivity contribution in [3.05, 3.63) is 35.7 Å². The molecule has 1 saturated heterocycles. The van der Waals surface area contributed by atoms with Crippen molar-refractivity contribution < 1.29 is 14.4 Å². The Balaban J connectivity index is 1.70. The molecule has 0 bridgehead atoms. The second kappa shape index (κ2) is 5.27. The lowest BCUT2D eigenvalue weighted by Gasteiger charge is -2.24. The van der Waals surface area contributed by atoms with Crippen molar-refractivity contribution in [3.63, 3.8) is 0 Å². The van der Waals surface area contributed by atoms with Gasteiger partial charge in [0.1, 0.15) is 5.75 Å². The van der Waals surface area contributed by atoms with Crippen LogP contribution < -0.4 is 4.90 Å². The predicted octanol–water partition coefficient (Wildman–Crippen LogP) is 1.20. The summed E-state index contributed by atoms with van der Waals surface area (Å²) in [6, 6.07) is 7.04. The summed E-state index contributed by atoms with van der Waals surface area (Å²) < 4.78 is 10.5. The lowest BCUT2D eigenvalue weighted by Crippen LogP contribution is -2.36. The zero-order valence-electron chi connectivity index (χ0n) is 10.5. The highest BCUT2D eigenvalue weighted by atomic mass is 16.5. The summed E-state index contributed by atoms with van der Waals surface area (Å²) in [5.74, 6) is 1.40. The van der Waals surface area contributed by atoms with Crippen LogP contribution in [0, 0.1) is 0 Å². The number of hydrogen-bond acceptors (Lipinski definition) is 6. The van der Waals surface area contributed by atoms with Gasteiger partial charge in [-0.2, -0.15) is 4.98 Å². The third-order valence-corrected chi connectivity index (χ3v) is 3.02. The van der Waals surface area contributed by atoms with Crippen LogP contribution in [0.1, 0.15) is 11.5 Å². The second-order valence-corrected chi connectivity index (χ2v) is 4.43. The molecular formula is C13H15N3O3. The number of anilines is 1. The second-order valence-electron chi connectivity index (χ2n) is 4.43. The van der Waals surface area contributed by atoms with Gasteiger partial charge < -0.3 is 19.3 Å². The topological polar surface area (TPSA) is 71.6 Å². The molecule has 0 radical (unpaired) electrons. The van der Waals surface area contributed by atoms with Crippen molar-refractivity contribution in [2.45, 2.75) is 6.42 Å². The first-order valence-corrected chi connectivity index (χ1v) is 6.24. The largest absolute Gasteiger partial charge is 0.508 e. The van der Waals surface area contributed by atoms with E-state index in [1.807, 2.05) is 11.0 Å². The van der Waals surface area contributed by atoms with E-state index in [-0.39, 0.29) is 5.75 Å². The number of aromatic nitrogens is 2. The minimum Gasteiger partial charge on any atom is -0.508 e. The normalized spacial score (nSPS) is 15.7. The summed E-state index contributed by atoms with van der Waals surface area (Å²) in [7, 11) is 0. The molecule has 2 heterocycles. The number of phenolic OH excluding ortho intramolecular Hbond substituents is 1. The number of aromatic hydroxyl groups is 1. The van der Waals surface area contributed by atoms with Crippen molar-refractivity contribution >= 4 is 5.95 Å². The molecule has 6 nitrogen and oxygen atoms in total. The summed E-state index contributed by atoms with van der Waals surface area (Å²) in [4.78, 5) is 6.41. The molecule has 100 valence electrons. The highest BCUT2D eigenvalue weighted by Crippen LogP contribution is 2.16. The van der Waals surface area contributed by atoms with E-state index in [2.05, 4.69) is 10.1 Å². The van der Waals surface area contributed by atoms with Crippen LogP contribution in [0.5, 0.6) is 5.75 Å². The maximum absolute atomic E-state index is 9.41. The molecule has 0 spiro atoms. The van der Waals surface area contributed by atoms with Crippen LogP contribution in [0.4, 0.5) is 5.95 Å². The van der Waals surface area contributed by atoms with E-state index in [1.54, 1.807) is 18.2 Å². The van der Waals surface area contributed by atoms with Gasteiger partial charge >= 0.3 is 0 Å². The number of phenols is 1. The summed E-state index contributed by atoms with van der Waals surface area (Å²) in [5, 5.41) is 13.4. The molecule has 1 fully saturated rings.